The zero-order valence-electron chi connectivity index (χ0n) is 9.98. The Hall–Kier alpha value is -1.36. The number of ether oxygens (including phenoxy) is 1. The lowest BCUT2D eigenvalue weighted by Gasteiger charge is -2.29. The van der Waals surface area contributed by atoms with Gasteiger partial charge in [0.1, 0.15) is 5.75 Å². The number of hydrogen-bond acceptors (Lipinski definition) is 3. The van der Waals surface area contributed by atoms with Gasteiger partial charge in [0.2, 0.25) is 0 Å². The lowest BCUT2D eigenvalue weighted by molar-refractivity contribution is -0.0494. The summed E-state index contributed by atoms with van der Waals surface area (Å²) in [7, 11) is 0. The number of benzene rings is 1. The smallest absolute Gasteiger partial charge is 0.387 e. The van der Waals surface area contributed by atoms with Crippen molar-refractivity contribution in [2.24, 2.45) is 0 Å². The number of nitrogens with one attached hydrogen (secondary N) is 1. The third kappa shape index (κ3) is 3.32. The first kappa shape index (κ1) is 13.1. The van der Waals surface area contributed by atoms with Gasteiger partial charge in [0, 0.05) is 0 Å². The Morgan fingerprint density at radius 3 is 2.67 bits per heavy atom. The highest BCUT2D eigenvalue weighted by Crippen LogP contribution is 2.29. The van der Waals surface area contributed by atoms with Crippen LogP contribution in [0.4, 0.5) is 14.5 Å². The molecule has 0 spiro atoms. The van der Waals surface area contributed by atoms with Crippen LogP contribution in [0.2, 0.25) is 0 Å². The minimum Gasteiger partial charge on any atom is -0.433 e. The lowest BCUT2D eigenvalue weighted by Crippen LogP contribution is -2.36. The molecule has 2 N–H and O–H groups in total. The quantitative estimate of drug-likeness (QED) is 0.871. The summed E-state index contributed by atoms with van der Waals surface area (Å²) in [5.41, 5.74) is 0.503. The molecule has 0 saturated heterocycles. The highest BCUT2D eigenvalue weighted by Gasteiger charge is 2.23. The normalized spacial score (nSPS) is 24.0. The molecule has 2 atom stereocenters. The van der Waals surface area contributed by atoms with Crippen LogP contribution in [0.15, 0.2) is 24.3 Å². The van der Waals surface area contributed by atoms with Crippen LogP contribution in [0.3, 0.4) is 0 Å². The second-order valence-corrected chi connectivity index (χ2v) is 4.48. The van der Waals surface area contributed by atoms with Crippen molar-refractivity contribution in [3.63, 3.8) is 0 Å². The van der Waals surface area contributed by atoms with E-state index < -0.39 is 12.7 Å². The first-order chi connectivity index (χ1) is 8.66. The molecule has 0 amide bonds. The molecule has 0 heterocycles. The molecule has 0 bridgehead atoms. The van der Waals surface area contributed by atoms with Crippen molar-refractivity contribution < 1.29 is 18.6 Å². The van der Waals surface area contributed by atoms with E-state index in [0.29, 0.717) is 5.69 Å². The van der Waals surface area contributed by atoms with Crippen molar-refractivity contribution in [3.05, 3.63) is 24.3 Å². The summed E-state index contributed by atoms with van der Waals surface area (Å²) < 4.78 is 29.0. The van der Waals surface area contributed by atoms with Crippen LogP contribution in [0.5, 0.6) is 5.75 Å². The van der Waals surface area contributed by atoms with Gasteiger partial charge < -0.3 is 15.2 Å². The van der Waals surface area contributed by atoms with Crippen molar-refractivity contribution in [2.75, 3.05) is 5.32 Å². The van der Waals surface area contributed by atoms with Crippen molar-refractivity contribution in [1.29, 1.82) is 0 Å². The fourth-order valence-corrected chi connectivity index (χ4v) is 2.26. The van der Waals surface area contributed by atoms with Gasteiger partial charge in [-0.05, 0) is 25.0 Å². The third-order valence-corrected chi connectivity index (χ3v) is 3.17. The highest BCUT2D eigenvalue weighted by atomic mass is 19.3. The van der Waals surface area contributed by atoms with Gasteiger partial charge in [0.05, 0.1) is 17.8 Å². The maximum absolute atomic E-state index is 12.3. The molecule has 18 heavy (non-hydrogen) atoms. The Labute approximate surface area is 105 Å². The first-order valence-electron chi connectivity index (χ1n) is 6.15. The maximum Gasteiger partial charge on any atom is 0.387 e. The largest absolute Gasteiger partial charge is 0.433 e. The van der Waals surface area contributed by atoms with E-state index in [4.69, 9.17) is 0 Å². The monoisotopic (exact) mass is 257 g/mol. The van der Waals surface area contributed by atoms with Crippen LogP contribution >= 0.6 is 0 Å². The summed E-state index contributed by atoms with van der Waals surface area (Å²) in [6.45, 7) is -2.84. The zero-order valence-corrected chi connectivity index (χ0v) is 9.98. The lowest BCUT2D eigenvalue weighted by atomic mass is 9.92. The van der Waals surface area contributed by atoms with Crippen molar-refractivity contribution in [3.8, 4) is 5.75 Å². The molecule has 1 saturated carbocycles. The second-order valence-electron chi connectivity index (χ2n) is 4.48. The van der Waals surface area contributed by atoms with E-state index in [1.807, 2.05) is 0 Å². The van der Waals surface area contributed by atoms with Crippen LogP contribution in [0.1, 0.15) is 25.7 Å². The molecule has 1 fully saturated rings. The number of rotatable bonds is 4. The van der Waals surface area contributed by atoms with Crippen LogP contribution in [-0.4, -0.2) is 23.9 Å². The van der Waals surface area contributed by atoms with Crippen LogP contribution in [0, 0.1) is 0 Å². The Morgan fingerprint density at radius 2 is 1.94 bits per heavy atom. The van der Waals surface area contributed by atoms with E-state index in [2.05, 4.69) is 10.1 Å². The Bertz CT molecular complexity index is 387. The van der Waals surface area contributed by atoms with E-state index in [1.54, 1.807) is 18.2 Å². The minimum absolute atomic E-state index is 0.0961. The van der Waals surface area contributed by atoms with Crippen molar-refractivity contribution in [1.82, 2.24) is 0 Å². The SMILES string of the molecule is O[C@H]1CCCC[C@@H]1Nc1ccccc1OC(F)F. The second kappa shape index (κ2) is 6.00. The summed E-state index contributed by atoms with van der Waals surface area (Å²) in [4.78, 5) is 0. The molecular formula is C13H17F2NO2. The molecule has 0 unspecified atom stereocenters. The van der Waals surface area contributed by atoms with E-state index in [1.165, 1.54) is 6.07 Å². The average molecular weight is 257 g/mol. The van der Waals surface area contributed by atoms with E-state index >= 15 is 0 Å². The number of halogens is 2. The predicted octanol–water partition coefficient (Wildman–Crippen LogP) is 3.00. The van der Waals surface area contributed by atoms with Gasteiger partial charge in [0.15, 0.2) is 0 Å². The van der Waals surface area contributed by atoms with Gasteiger partial charge >= 0.3 is 6.61 Å². The number of para-hydroxylation sites is 2. The van der Waals surface area contributed by atoms with Crippen LogP contribution in [-0.2, 0) is 0 Å². The Balaban J connectivity index is 2.07. The fourth-order valence-electron chi connectivity index (χ4n) is 2.26. The van der Waals surface area contributed by atoms with Gasteiger partial charge in [-0.1, -0.05) is 25.0 Å². The standard InChI is InChI=1S/C13H17F2NO2/c14-13(15)18-12-8-4-2-6-10(12)16-9-5-1-3-7-11(9)17/h2,4,6,8-9,11,13,16-17H,1,3,5,7H2/t9-,11-/m0/s1. The number of hydrogen-bond donors (Lipinski definition) is 2. The fraction of sp³-hybridized carbons (Fsp3) is 0.538. The van der Waals surface area contributed by atoms with E-state index in [9.17, 15) is 13.9 Å². The molecule has 0 aromatic heterocycles. The molecule has 1 aliphatic carbocycles. The number of anilines is 1. The van der Waals surface area contributed by atoms with Crippen molar-refractivity contribution >= 4 is 5.69 Å². The minimum atomic E-state index is -2.84. The molecule has 5 heteroatoms. The number of aliphatic hydroxyl groups is 1. The summed E-state index contributed by atoms with van der Waals surface area (Å²) in [6.07, 6.45) is 3.19. The summed E-state index contributed by atoms with van der Waals surface area (Å²) in [5, 5.41) is 12.9. The number of aliphatic hydroxyl groups excluding tert-OH is 1. The van der Waals surface area contributed by atoms with Gasteiger partial charge in [-0.15, -0.1) is 0 Å². The highest BCUT2D eigenvalue weighted by molar-refractivity contribution is 5.57. The topological polar surface area (TPSA) is 41.5 Å². The molecule has 3 nitrogen and oxygen atoms in total. The van der Waals surface area contributed by atoms with Crippen LogP contribution in [0.25, 0.3) is 0 Å². The summed E-state index contributed by atoms with van der Waals surface area (Å²) >= 11 is 0. The maximum atomic E-state index is 12.3. The predicted molar refractivity (Wildman–Crippen MR) is 65.0 cm³/mol. The molecule has 100 valence electrons. The van der Waals surface area contributed by atoms with Gasteiger partial charge in [0.25, 0.3) is 0 Å². The molecule has 0 aliphatic heterocycles. The van der Waals surface area contributed by atoms with E-state index in [0.717, 1.165) is 25.7 Å². The number of alkyl halides is 2. The van der Waals surface area contributed by atoms with Gasteiger partial charge in [-0.2, -0.15) is 8.78 Å². The Morgan fingerprint density at radius 1 is 1.22 bits per heavy atom. The third-order valence-electron chi connectivity index (χ3n) is 3.17. The molecule has 2 rings (SSSR count). The molecule has 0 radical (unpaired) electrons. The molecule has 1 aliphatic rings. The molecule has 1 aromatic rings. The first-order valence-corrected chi connectivity index (χ1v) is 6.15. The summed E-state index contributed by atoms with van der Waals surface area (Å²) in [5.74, 6) is 0.116. The van der Waals surface area contributed by atoms with E-state index in [-0.39, 0.29) is 11.8 Å². The zero-order chi connectivity index (χ0) is 13.0. The van der Waals surface area contributed by atoms with Crippen molar-refractivity contribution in [2.45, 2.75) is 44.4 Å². The molecular weight excluding hydrogens is 240 g/mol. The van der Waals surface area contributed by atoms with Gasteiger partial charge in [-0.3, -0.25) is 0 Å². The summed E-state index contributed by atoms with van der Waals surface area (Å²) in [6, 6.07) is 6.46. The van der Waals surface area contributed by atoms with Gasteiger partial charge in [-0.25, -0.2) is 0 Å². The Kier molecular flexibility index (Phi) is 4.36. The average Bonchev–Trinajstić information content (AvgIpc) is 2.34. The molecule has 1 aromatic carbocycles. The van der Waals surface area contributed by atoms with Crippen LogP contribution < -0.4 is 10.1 Å².